The Hall–Kier alpha value is -2.03. The fourth-order valence-corrected chi connectivity index (χ4v) is 0.712. The molecule has 1 aromatic rings. The monoisotopic (exact) mass is 183 g/mol. The van der Waals surface area contributed by atoms with E-state index in [4.69, 9.17) is 5.26 Å². The van der Waals surface area contributed by atoms with Gasteiger partial charge < -0.3 is 0 Å². The number of rotatable bonds is 1. The van der Waals surface area contributed by atoms with Crippen molar-refractivity contribution in [2.45, 2.75) is 0 Å². The normalized spacial score (nSPS) is 9.00. The van der Waals surface area contributed by atoms with E-state index < -0.39 is 23.2 Å². The standard InChI is InChI=1S/C7H3F2N3O/c8-5-4(7(13)12-3-10)1-2-11-6(5)9/h1-2H,(H,12,13). The summed E-state index contributed by atoms with van der Waals surface area (Å²) in [7, 11) is 0. The molecule has 0 radical (unpaired) electrons. The molecule has 4 nitrogen and oxygen atoms in total. The molecule has 0 aliphatic heterocycles. The van der Waals surface area contributed by atoms with Crippen molar-refractivity contribution in [3.05, 3.63) is 29.6 Å². The Bertz CT molecular complexity index is 386. The number of nitrogens with one attached hydrogen (secondary N) is 1. The molecule has 0 fully saturated rings. The molecule has 1 amide bonds. The van der Waals surface area contributed by atoms with Crippen molar-refractivity contribution in [2.24, 2.45) is 0 Å². The minimum atomic E-state index is -1.37. The van der Waals surface area contributed by atoms with Crippen LogP contribution in [0.25, 0.3) is 0 Å². The minimum Gasteiger partial charge on any atom is -0.268 e. The Morgan fingerprint density at radius 2 is 2.31 bits per heavy atom. The summed E-state index contributed by atoms with van der Waals surface area (Å²) in [6, 6.07) is 0.977. The van der Waals surface area contributed by atoms with Crippen LogP contribution in [0, 0.1) is 23.2 Å². The van der Waals surface area contributed by atoms with Gasteiger partial charge >= 0.3 is 0 Å². The maximum absolute atomic E-state index is 12.8. The van der Waals surface area contributed by atoms with E-state index in [1.165, 1.54) is 6.19 Å². The fourth-order valence-electron chi connectivity index (χ4n) is 0.712. The number of aromatic nitrogens is 1. The van der Waals surface area contributed by atoms with Crippen molar-refractivity contribution in [1.29, 1.82) is 5.26 Å². The minimum absolute atomic E-state index is 0.547. The van der Waals surface area contributed by atoms with Gasteiger partial charge in [-0.3, -0.25) is 10.1 Å². The van der Waals surface area contributed by atoms with Crippen LogP contribution in [-0.4, -0.2) is 10.9 Å². The average Bonchev–Trinajstić information content (AvgIpc) is 2.10. The van der Waals surface area contributed by atoms with E-state index >= 15 is 0 Å². The Kier molecular flexibility index (Phi) is 2.50. The van der Waals surface area contributed by atoms with Gasteiger partial charge in [0.25, 0.3) is 5.91 Å². The summed E-state index contributed by atoms with van der Waals surface area (Å²) in [4.78, 5) is 13.8. The summed E-state index contributed by atoms with van der Waals surface area (Å²) in [5, 5.41) is 9.71. The quantitative estimate of drug-likeness (QED) is 0.393. The molecule has 0 aliphatic rings. The van der Waals surface area contributed by atoms with Gasteiger partial charge in [-0.25, -0.2) is 9.37 Å². The molecule has 0 aromatic carbocycles. The third kappa shape index (κ3) is 1.76. The molecule has 0 atom stereocenters. The second-order valence-corrected chi connectivity index (χ2v) is 2.03. The topological polar surface area (TPSA) is 65.8 Å². The van der Waals surface area contributed by atoms with Crippen molar-refractivity contribution < 1.29 is 13.6 Å². The van der Waals surface area contributed by atoms with Crippen LogP contribution in [0.3, 0.4) is 0 Å². The third-order valence-electron chi connectivity index (χ3n) is 1.26. The zero-order valence-corrected chi connectivity index (χ0v) is 6.21. The van der Waals surface area contributed by atoms with Gasteiger partial charge in [0.15, 0.2) is 12.0 Å². The summed E-state index contributed by atoms with van der Waals surface area (Å²) in [5.41, 5.74) is -0.547. The summed E-state index contributed by atoms with van der Waals surface area (Å²) in [5.74, 6) is -3.73. The van der Waals surface area contributed by atoms with Gasteiger partial charge in [-0.05, 0) is 6.07 Å². The fraction of sp³-hybridized carbons (Fsp3) is 0. The lowest BCUT2D eigenvalue weighted by Gasteiger charge is -1.98. The molecule has 0 bridgehead atoms. The van der Waals surface area contributed by atoms with Crippen LogP contribution in [0.2, 0.25) is 0 Å². The van der Waals surface area contributed by atoms with Gasteiger partial charge in [0.1, 0.15) is 0 Å². The van der Waals surface area contributed by atoms with Crippen LogP contribution in [0.5, 0.6) is 0 Å². The van der Waals surface area contributed by atoms with E-state index in [1.54, 1.807) is 5.32 Å². The Labute approximate surface area is 71.8 Å². The SMILES string of the molecule is N#CNC(=O)c1ccnc(F)c1F. The van der Waals surface area contributed by atoms with E-state index in [9.17, 15) is 13.6 Å². The predicted molar refractivity (Wildman–Crippen MR) is 37.2 cm³/mol. The van der Waals surface area contributed by atoms with Crippen molar-refractivity contribution in [1.82, 2.24) is 10.3 Å². The van der Waals surface area contributed by atoms with Gasteiger partial charge in [-0.15, -0.1) is 0 Å². The van der Waals surface area contributed by atoms with Crippen LogP contribution in [0.1, 0.15) is 10.4 Å². The molecule has 0 saturated heterocycles. The van der Waals surface area contributed by atoms with Crippen LogP contribution in [-0.2, 0) is 0 Å². The number of halogens is 2. The van der Waals surface area contributed by atoms with Crippen molar-refractivity contribution in [3.8, 4) is 6.19 Å². The first-order valence-electron chi connectivity index (χ1n) is 3.16. The highest BCUT2D eigenvalue weighted by Gasteiger charge is 2.15. The van der Waals surface area contributed by atoms with E-state index in [2.05, 4.69) is 4.98 Å². The van der Waals surface area contributed by atoms with Crippen molar-refractivity contribution in [3.63, 3.8) is 0 Å². The second-order valence-electron chi connectivity index (χ2n) is 2.03. The van der Waals surface area contributed by atoms with Crippen LogP contribution in [0.4, 0.5) is 8.78 Å². The number of hydrogen-bond acceptors (Lipinski definition) is 3. The zero-order valence-electron chi connectivity index (χ0n) is 6.21. The number of amides is 1. The Morgan fingerprint density at radius 3 is 2.92 bits per heavy atom. The largest absolute Gasteiger partial charge is 0.268 e. The van der Waals surface area contributed by atoms with E-state index in [0.29, 0.717) is 0 Å². The number of nitriles is 1. The zero-order chi connectivity index (χ0) is 9.84. The highest BCUT2D eigenvalue weighted by atomic mass is 19.2. The molecule has 0 spiro atoms. The molecule has 0 saturated carbocycles. The number of carbonyl (C=O) groups is 1. The van der Waals surface area contributed by atoms with Crippen molar-refractivity contribution in [2.75, 3.05) is 0 Å². The highest BCUT2D eigenvalue weighted by molar-refractivity contribution is 5.95. The maximum atomic E-state index is 12.8. The first-order valence-corrected chi connectivity index (χ1v) is 3.16. The van der Waals surface area contributed by atoms with Crippen LogP contribution < -0.4 is 5.32 Å². The highest BCUT2D eigenvalue weighted by Crippen LogP contribution is 2.07. The van der Waals surface area contributed by atoms with Gasteiger partial charge in [0.2, 0.25) is 5.95 Å². The maximum Gasteiger partial charge on any atom is 0.267 e. The van der Waals surface area contributed by atoms with Gasteiger partial charge in [0, 0.05) is 6.20 Å². The molecule has 1 heterocycles. The van der Waals surface area contributed by atoms with E-state index in [-0.39, 0.29) is 0 Å². The lowest BCUT2D eigenvalue weighted by Crippen LogP contribution is -2.19. The third-order valence-corrected chi connectivity index (χ3v) is 1.26. The van der Waals surface area contributed by atoms with E-state index in [0.717, 1.165) is 12.3 Å². The molecule has 1 N–H and O–H groups in total. The lowest BCUT2D eigenvalue weighted by molar-refractivity contribution is 0.0967. The molecule has 66 valence electrons. The lowest BCUT2D eigenvalue weighted by atomic mass is 10.2. The summed E-state index contributed by atoms with van der Waals surface area (Å²) >= 11 is 0. The summed E-state index contributed by atoms with van der Waals surface area (Å²) < 4.78 is 25.2. The van der Waals surface area contributed by atoms with E-state index in [1.807, 2.05) is 0 Å². The van der Waals surface area contributed by atoms with Gasteiger partial charge in [-0.2, -0.15) is 9.65 Å². The molecule has 13 heavy (non-hydrogen) atoms. The van der Waals surface area contributed by atoms with Crippen LogP contribution in [0.15, 0.2) is 12.3 Å². The summed E-state index contributed by atoms with van der Waals surface area (Å²) in [6.07, 6.45) is 2.24. The molecule has 1 aromatic heterocycles. The molecule has 6 heteroatoms. The molecule has 1 rings (SSSR count). The Morgan fingerprint density at radius 1 is 1.62 bits per heavy atom. The number of nitrogens with zero attached hydrogens (tertiary/aromatic N) is 2. The number of carbonyl (C=O) groups excluding carboxylic acids is 1. The predicted octanol–water partition coefficient (Wildman–Crippen LogP) is 0.571. The molecule has 0 aliphatic carbocycles. The second kappa shape index (κ2) is 3.58. The molecular formula is C7H3F2N3O. The van der Waals surface area contributed by atoms with Crippen LogP contribution >= 0.6 is 0 Å². The first kappa shape index (κ1) is 9.06. The van der Waals surface area contributed by atoms with Gasteiger partial charge in [0.05, 0.1) is 5.56 Å². The summed E-state index contributed by atoms with van der Waals surface area (Å²) in [6.45, 7) is 0. The molecule has 0 unspecified atom stereocenters. The smallest absolute Gasteiger partial charge is 0.267 e. The van der Waals surface area contributed by atoms with Crippen molar-refractivity contribution >= 4 is 5.91 Å². The molecular weight excluding hydrogens is 180 g/mol. The number of pyridine rings is 1. The Balaban J connectivity index is 3.09. The van der Waals surface area contributed by atoms with Gasteiger partial charge in [-0.1, -0.05) is 0 Å². The first-order chi connectivity index (χ1) is 6.16. The number of hydrogen-bond donors (Lipinski definition) is 1. The average molecular weight is 183 g/mol.